The molecular weight excluding hydrogens is 466 g/mol. The number of halogens is 2. The van der Waals surface area contributed by atoms with Gasteiger partial charge in [-0.05, 0) is 6.92 Å². The van der Waals surface area contributed by atoms with Gasteiger partial charge in [-0.15, -0.1) is 0 Å². The van der Waals surface area contributed by atoms with Crippen LogP contribution in [-0.4, -0.2) is 96.2 Å². The van der Waals surface area contributed by atoms with Crippen LogP contribution in [0.5, 0.6) is 0 Å². The summed E-state index contributed by atoms with van der Waals surface area (Å²) in [7, 11) is 0. The van der Waals surface area contributed by atoms with Crippen molar-refractivity contribution in [1.82, 2.24) is 20.3 Å². The summed E-state index contributed by atoms with van der Waals surface area (Å²) in [5.41, 5.74) is 0.890. The Hall–Kier alpha value is -1.96. The quantitative estimate of drug-likeness (QED) is 0.535. The van der Waals surface area contributed by atoms with Gasteiger partial charge in [0.2, 0.25) is 5.95 Å². The first kappa shape index (κ1) is 24.2. The third-order valence-electron chi connectivity index (χ3n) is 6.31. The zero-order valence-electron chi connectivity index (χ0n) is 17.3. The number of aromatic carboxylic acids is 1. The van der Waals surface area contributed by atoms with Crippen LogP contribution in [0, 0.1) is 18.8 Å². The molecule has 1 aliphatic carbocycles. The fourth-order valence-electron chi connectivity index (χ4n) is 4.48. The van der Waals surface area contributed by atoms with Crippen molar-refractivity contribution in [2.75, 3.05) is 49.2 Å². The number of aromatic amines is 1. The molecule has 2 aromatic heterocycles. The summed E-state index contributed by atoms with van der Waals surface area (Å²) in [6.07, 6.45) is 0. The first-order chi connectivity index (χ1) is 15.3. The summed E-state index contributed by atoms with van der Waals surface area (Å²) in [5, 5.41) is 13.1. The van der Waals surface area contributed by atoms with E-state index in [9.17, 15) is 14.7 Å². The molecule has 172 valence electrons. The van der Waals surface area contributed by atoms with Crippen LogP contribution in [0.25, 0.3) is 0 Å². The Bertz CT molecular complexity index is 1080. The molecule has 2 aromatic rings. The zero-order valence-corrected chi connectivity index (χ0v) is 18.8. The monoisotopic (exact) mass is 488 g/mol. The Morgan fingerprint density at radius 3 is 2.39 bits per heavy atom. The number of aromatic nitrogens is 3. The number of carboxylic acids is 1. The average molecular weight is 489 g/mol. The first-order valence-corrected chi connectivity index (χ1v) is 11.1. The molecule has 0 radical (unpaired) electrons. The molecule has 1 amide bonds. The van der Waals surface area contributed by atoms with Crippen molar-refractivity contribution in [3.05, 3.63) is 33.2 Å². The molecule has 3 N–H and O–H groups in total. The van der Waals surface area contributed by atoms with Gasteiger partial charge in [0.1, 0.15) is 11.5 Å². The molecule has 3 aliphatic rings. The van der Waals surface area contributed by atoms with Crippen molar-refractivity contribution in [3.63, 3.8) is 0 Å². The van der Waals surface area contributed by atoms with E-state index in [-0.39, 0.29) is 59.1 Å². The molecule has 1 saturated carbocycles. The van der Waals surface area contributed by atoms with Crippen molar-refractivity contribution in [3.8, 4) is 0 Å². The Morgan fingerprint density at radius 2 is 1.82 bits per heavy atom. The van der Waals surface area contributed by atoms with Crippen LogP contribution >= 0.6 is 23.2 Å². The second-order valence-electron chi connectivity index (χ2n) is 8.30. The third-order valence-corrected chi connectivity index (χ3v) is 7.26. The number of morpholine rings is 1. The zero-order chi connectivity index (χ0) is 22.6. The van der Waals surface area contributed by atoms with Crippen LogP contribution in [0.2, 0.25) is 10.0 Å². The number of nitrogens with one attached hydrogen (secondary N) is 2. The second-order valence-corrected chi connectivity index (χ2v) is 9.06. The summed E-state index contributed by atoms with van der Waals surface area (Å²) in [6, 6.07) is 1.55. The van der Waals surface area contributed by atoms with Gasteiger partial charge in [0.25, 0.3) is 5.91 Å². The van der Waals surface area contributed by atoms with Gasteiger partial charge in [0.15, 0.2) is 5.69 Å². The Morgan fingerprint density at radius 1 is 1.15 bits per heavy atom. The fourth-order valence-corrected chi connectivity index (χ4v) is 4.89. The average Bonchev–Trinajstić information content (AvgIpc) is 3.11. The number of carboxylic acid groups (broad SMARTS) is 1. The number of anilines is 2. The first-order valence-electron chi connectivity index (χ1n) is 10.4. The van der Waals surface area contributed by atoms with Gasteiger partial charge in [0, 0.05) is 55.8 Å². The van der Waals surface area contributed by atoms with Crippen molar-refractivity contribution in [1.29, 1.82) is 0 Å². The number of H-pyrrole nitrogens is 1. The van der Waals surface area contributed by atoms with Gasteiger partial charge in [-0.2, -0.15) is 4.98 Å². The second kappa shape index (κ2) is 9.35. The van der Waals surface area contributed by atoms with Gasteiger partial charge in [-0.25, -0.2) is 9.78 Å². The number of hydrogen-bond donors (Lipinski definition) is 3. The van der Waals surface area contributed by atoms with E-state index < -0.39 is 5.97 Å². The Kier molecular flexibility index (Phi) is 6.85. The molecule has 0 unspecified atom stereocenters. The molecule has 0 aromatic carbocycles. The summed E-state index contributed by atoms with van der Waals surface area (Å²) in [6.45, 7) is 5.45. The normalized spacial score (nSPS) is 23.7. The maximum atomic E-state index is 12.6. The number of amides is 1. The van der Waals surface area contributed by atoms with Crippen LogP contribution in [0.4, 0.5) is 11.8 Å². The van der Waals surface area contributed by atoms with E-state index in [1.165, 1.54) is 6.07 Å². The number of rotatable bonds is 5. The molecule has 2 saturated heterocycles. The molecule has 10 nitrogen and oxygen atoms in total. The third kappa shape index (κ3) is 4.55. The van der Waals surface area contributed by atoms with E-state index in [2.05, 4.69) is 25.2 Å². The molecule has 3 fully saturated rings. The Balaban J connectivity index is 0.00000259. The molecule has 2 aliphatic heterocycles. The summed E-state index contributed by atoms with van der Waals surface area (Å²) in [5.74, 6) is 0.155. The number of ether oxygens (including phenoxy) is 1. The molecule has 33 heavy (non-hydrogen) atoms. The van der Waals surface area contributed by atoms with Crippen LogP contribution in [0.1, 0.15) is 26.7 Å². The maximum absolute atomic E-state index is 12.6. The summed E-state index contributed by atoms with van der Waals surface area (Å²) in [4.78, 5) is 40.0. The van der Waals surface area contributed by atoms with Crippen molar-refractivity contribution < 1.29 is 19.4 Å². The molecule has 3 atom stereocenters. The minimum absolute atomic E-state index is 0. The molecule has 13 heteroatoms. The van der Waals surface area contributed by atoms with Gasteiger partial charge < -0.3 is 29.9 Å². The number of aryl methyl sites for hydroxylation is 1. The fraction of sp³-hybridized carbons (Fsp3) is 0.500. The standard InChI is InChI=1S/C20H22Cl2N6O4.Li.H/c1-9-14(21)15(22)17(23-9)18(29)26-16-10-7-28(8-11(10)16)13-6-12(19(30)31)24-20(25-13)27-2-4-32-5-3-27;;/h6,10-11,16,23H,2-5,7-8H2,1H3,(H,26,29)(H,30,31);;/t10-,11+,16+;;. The van der Waals surface area contributed by atoms with Gasteiger partial charge >= 0.3 is 24.8 Å². The van der Waals surface area contributed by atoms with E-state index in [0.29, 0.717) is 61.9 Å². The SMILES string of the molecule is Cc1[nH]c(C(=O)N[C@H]2[C@@H]3CN(c4cc(C(=O)O)nc(N5CCOCC5)n4)C[C@@H]32)c(Cl)c1Cl.[LiH]. The number of fused-ring (bicyclic) bond motifs is 1. The van der Waals surface area contributed by atoms with Crippen molar-refractivity contribution in [2.45, 2.75) is 13.0 Å². The molecule has 4 heterocycles. The minimum atomic E-state index is -1.09. The van der Waals surface area contributed by atoms with Crippen LogP contribution < -0.4 is 15.1 Å². The number of carbonyl (C=O) groups excluding carboxylic acids is 1. The molecule has 5 rings (SSSR count). The van der Waals surface area contributed by atoms with E-state index in [1.807, 2.05) is 4.90 Å². The summed E-state index contributed by atoms with van der Waals surface area (Å²) < 4.78 is 5.36. The van der Waals surface area contributed by atoms with E-state index in [4.69, 9.17) is 27.9 Å². The van der Waals surface area contributed by atoms with E-state index in [1.54, 1.807) is 6.92 Å². The molecule has 0 bridgehead atoms. The van der Waals surface area contributed by atoms with Gasteiger partial charge in [-0.3, -0.25) is 4.79 Å². The van der Waals surface area contributed by atoms with Gasteiger partial charge in [-0.1, -0.05) is 23.2 Å². The number of carbonyl (C=O) groups is 2. The van der Waals surface area contributed by atoms with Crippen LogP contribution in [-0.2, 0) is 4.74 Å². The molecule has 0 spiro atoms. The van der Waals surface area contributed by atoms with Crippen molar-refractivity contribution >= 4 is 65.7 Å². The van der Waals surface area contributed by atoms with E-state index in [0.717, 1.165) is 0 Å². The number of hydrogen-bond acceptors (Lipinski definition) is 7. The number of piperidine rings is 1. The number of nitrogens with zero attached hydrogens (tertiary/aromatic N) is 4. The van der Waals surface area contributed by atoms with Crippen LogP contribution in [0.15, 0.2) is 6.07 Å². The van der Waals surface area contributed by atoms with Crippen molar-refractivity contribution in [2.24, 2.45) is 11.8 Å². The predicted molar refractivity (Wildman–Crippen MR) is 125 cm³/mol. The van der Waals surface area contributed by atoms with Gasteiger partial charge in [0.05, 0.1) is 23.3 Å². The van der Waals surface area contributed by atoms with E-state index >= 15 is 0 Å². The van der Waals surface area contributed by atoms with Crippen LogP contribution in [0.3, 0.4) is 0 Å². The Labute approximate surface area is 212 Å². The molecular formula is C20H23Cl2LiN6O4. The summed E-state index contributed by atoms with van der Waals surface area (Å²) >= 11 is 12.2. The predicted octanol–water partition coefficient (Wildman–Crippen LogP) is 1.17. The topological polar surface area (TPSA) is 124 Å².